The van der Waals surface area contributed by atoms with E-state index in [1.807, 2.05) is 0 Å². The molecular formula is C73H49NO2. The van der Waals surface area contributed by atoms with Gasteiger partial charge in [-0.15, -0.1) is 0 Å². The van der Waals surface area contributed by atoms with Gasteiger partial charge in [-0.05, 0) is 122 Å². The average molecular weight is 972 g/mol. The van der Waals surface area contributed by atoms with Crippen molar-refractivity contribution in [2.24, 2.45) is 0 Å². The number of allylic oxidation sites excluding steroid dienone is 10. The number of nitrogens with zero attached hydrogens (tertiary/aromatic N) is 1. The predicted octanol–water partition coefficient (Wildman–Crippen LogP) is 18.5. The van der Waals surface area contributed by atoms with Crippen LogP contribution in [0.1, 0.15) is 62.3 Å². The van der Waals surface area contributed by atoms with Crippen molar-refractivity contribution in [2.75, 3.05) is 4.90 Å². The van der Waals surface area contributed by atoms with E-state index in [9.17, 15) is 0 Å². The summed E-state index contributed by atoms with van der Waals surface area (Å²) in [5.74, 6) is 2.85. The second kappa shape index (κ2) is 16.5. The van der Waals surface area contributed by atoms with Crippen molar-refractivity contribution < 1.29 is 9.15 Å². The number of hydrogen-bond donors (Lipinski definition) is 0. The minimum absolute atomic E-state index is 0.580. The fourth-order valence-electron chi connectivity index (χ4n) is 14.0. The summed E-state index contributed by atoms with van der Waals surface area (Å²) in [6, 6.07) is 79.3. The zero-order chi connectivity index (χ0) is 50.0. The summed E-state index contributed by atoms with van der Waals surface area (Å²) in [5, 5.41) is 5.67. The SMILES string of the molecule is C1=CC=C2CC(=C1)c1ccc(N(c3ccc4c(c3)C(c3ccccc3)(c3ccccc3)c3ccccc3-4)c3ccc4oc5c(c4c3)C/C=C\C=CC5)cc1C21c2ccc3ccccc3c2Oc2c1ccc1ccccc21. The zero-order valence-electron chi connectivity index (χ0n) is 41.7. The highest BCUT2D eigenvalue weighted by Gasteiger charge is 2.52. The van der Waals surface area contributed by atoms with E-state index in [0.29, 0.717) is 0 Å². The number of furan rings is 1. The van der Waals surface area contributed by atoms with Crippen LogP contribution >= 0.6 is 0 Å². The Labute approximate surface area is 442 Å². The zero-order valence-corrected chi connectivity index (χ0v) is 41.7. The van der Waals surface area contributed by atoms with Crippen molar-refractivity contribution in [3.05, 3.63) is 322 Å². The molecular weight excluding hydrogens is 923 g/mol. The third-order valence-corrected chi connectivity index (χ3v) is 17.2. The molecule has 1 spiro atoms. The van der Waals surface area contributed by atoms with Crippen LogP contribution < -0.4 is 9.64 Å². The first-order chi connectivity index (χ1) is 37.7. The number of ether oxygens (including phenoxy) is 1. The molecule has 76 heavy (non-hydrogen) atoms. The van der Waals surface area contributed by atoms with Crippen LogP contribution in [0.15, 0.2) is 271 Å². The molecule has 1 aliphatic heterocycles. The topological polar surface area (TPSA) is 25.6 Å². The minimum Gasteiger partial charge on any atom is -0.460 e. The normalized spacial score (nSPS) is 16.2. The highest BCUT2D eigenvalue weighted by Crippen LogP contribution is 2.64. The van der Waals surface area contributed by atoms with Crippen molar-refractivity contribution in [1.82, 2.24) is 0 Å². The molecule has 0 unspecified atom stereocenters. The Balaban J connectivity index is 1.00. The van der Waals surface area contributed by atoms with Crippen molar-refractivity contribution in [1.29, 1.82) is 0 Å². The van der Waals surface area contributed by atoms with Gasteiger partial charge >= 0.3 is 0 Å². The summed E-state index contributed by atoms with van der Waals surface area (Å²) < 4.78 is 14.1. The van der Waals surface area contributed by atoms with Crippen molar-refractivity contribution in [2.45, 2.75) is 30.1 Å². The first-order valence-corrected chi connectivity index (χ1v) is 26.6. The maximum atomic E-state index is 7.40. The molecule has 4 aliphatic carbocycles. The quantitative estimate of drug-likeness (QED) is 0.172. The number of fused-ring (bicyclic) bond motifs is 20. The first kappa shape index (κ1) is 43.0. The molecule has 16 rings (SSSR count). The molecule has 3 nitrogen and oxygen atoms in total. The lowest BCUT2D eigenvalue weighted by molar-refractivity contribution is 0.440. The van der Waals surface area contributed by atoms with Gasteiger partial charge in [0.15, 0.2) is 0 Å². The monoisotopic (exact) mass is 971 g/mol. The smallest absolute Gasteiger partial charge is 0.140 e. The molecule has 0 radical (unpaired) electrons. The average Bonchev–Trinajstić information content (AvgIpc) is 3.93. The number of benzene rings is 10. The van der Waals surface area contributed by atoms with Gasteiger partial charge in [0, 0.05) is 56.3 Å². The van der Waals surface area contributed by atoms with Gasteiger partial charge in [0.2, 0.25) is 0 Å². The third kappa shape index (κ3) is 6.00. The Hall–Kier alpha value is -9.44. The van der Waals surface area contributed by atoms with Gasteiger partial charge in [0.05, 0.1) is 10.8 Å². The minimum atomic E-state index is -0.709. The van der Waals surface area contributed by atoms with Gasteiger partial charge in [-0.3, -0.25) is 0 Å². The Bertz CT molecular complexity index is 4280. The fourth-order valence-corrected chi connectivity index (χ4v) is 14.0. The van der Waals surface area contributed by atoms with Crippen LogP contribution in [0.3, 0.4) is 0 Å². The number of rotatable bonds is 5. The summed E-state index contributed by atoms with van der Waals surface area (Å²) in [5.41, 5.74) is 19.0. The van der Waals surface area contributed by atoms with Crippen LogP contribution in [0.5, 0.6) is 11.5 Å². The highest BCUT2D eigenvalue weighted by molar-refractivity contribution is 6.00. The van der Waals surface area contributed by atoms with E-state index in [1.54, 1.807) is 0 Å². The largest absolute Gasteiger partial charge is 0.460 e. The molecule has 1 aromatic heterocycles. The van der Waals surface area contributed by atoms with Gasteiger partial charge in [-0.2, -0.15) is 0 Å². The summed E-state index contributed by atoms with van der Waals surface area (Å²) >= 11 is 0. The molecule has 0 atom stereocenters. The molecule has 0 saturated carbocycles. The second-order valence-electron chi connectivity index (χ2n) is 20.9. The molecule has 11 aromatic rings. The summed E-state index contributed by atoms with van der Waals surface area (Å²) in [6.45, 7) is 0. The van der Waals surface area contributed by atoms with E-state index < -0.39 is 10.8 Å². The van der Waals surface area contributed by atoms with Crippen LogP contribution in [0.2, 0.25) is 0 Å². The maximum Gasteiger partial charge on any atom is 0.140 e. The molecule has 3 heteroatoms. The van der Waals surface area contributed by atoms with Crippen molar-refractivity contribution in [3.63, 3.8) is 0 Å². The molecule has 0 fully saturated rings. The van der Waals surface area contributed by atoms with E-state index >= 15 is 0 Å². The van der Waals surface area contributed by atoms with Crippen LogP contribution in [0, 0.1) is 0 Å². The lowest BCUT2D eigenvalue weighted by Gasteiger charge is -2.47. The molecule has 10 aromatic carbocycles. The number of anilines is 3. The Morgan fingerprint density at radius 1 is 0.395 bits per heavy atom. The molecule has 0 saturated heterocycles. The lowest BCUT2D eigenvalue weighted by atomic mass is 9.57. The Morgan fingerprint density at radius 2 is 0.961 bits per heavy atom. The van der Waals surface area contributed by atoms with E-state index in [4.69, 9.17) is 9.15 Å². The van der Waals surface area contributed by atoms with E-state index in [1.165, 1.54) is 61.2 Å². The standard InChI is InChI=1S/C73H49NO2/c1-2-10-32-68-61(30-9-1)62-44-53(37-42-69(62)75-68)74(55-36-39-60-59-29-17-18-31-63(59)72(67(60)46-55,50-22-5-3-6-23-50)51-24-7-4-8-25-51)54-35-38-56-49-21-11-14-26-52(43-49)73(66(56)45-54)64-40-33-47-19-12-15-27-57(47)70(64)76-71-58-28-16-13-20-48(58)34-41-65(71)73/h1-29,31,33-42,44-46H,30,32,43H2/b9-1-,10-2?. The Morgan fingerprint density at radius 3 is 1.67 bits per heavy atom. The predicted molar refractivity (Wildman–Crippen MR) is 312 cm³/mol. The highest BCUT2D eigenvalue weighted by atomic mass is 16.5. The van der Waals surface area contributed by atoms with E-state index in [0.717, 1.165) is 97.2 Å². The third-order valence-electron chi connectivity index (χ3n) is 17.2. The van der Waals surface area contributed by atoms with E-state index in [-0.39, 0.29) is 0 Å². The van der Waals surface area contributed by atoms with Crippen LogP contribution in [-0.2, 0) is 23.7 Å². The first-order valence-electron chi connectivity index (χ1n) is 26.6. The molecule has 0 amide bonds. The number of hydrogen-bond acceptors (Lipinski definition) is 3. The van der Waals surface area contributed by atoms with Crippen molar-refractivity contribution in [3.8, 4) is 22.6 Å². The van der Waals surface area contributed by atoms with Gasteiger partial charge < -0.3 is 14.1 Å². The van der Waals surface area contributed by atoms with Gasteiger partial charge in [0.1, 0.15) is 22.8 Å². The maximum absolute atomic E-state index is 7.40. The van der Waals surface area contributed by atoms with Crippen LogP contribution in [0.4, 0.5) is 17.1 Å². The molecule has 0 N–H and O–H groups in total. The summed E-state index contributed by atoms with van der Waals surface area (Å²) in [4.78, 5) is 2.51. The Kier molecular flexibility index (Phi) is 9.36. The summed E-state index contributed by atoms with van der Waals surface area (Å²) in [7, 11) is 0. The molecule has 2 bridgehead atoms. The van der Waals surface area contributed by atoms with E-state index in [2.05, 4.69) is 266 Å². The van der Waals surface area contributed by atoms with Crippen LogP contribution in [0.25, 0.3) is 49.2 Å². The molecule has 5 aliphatic rings. The van der Waals surface area contributed by atoms with Crippen LogP contribution in [-0.4, -0.2) is 0 Å². The fraction of sp³-hybridized carbons (Fsp3) is 0.0685. The lowest BCUT2D eigenvalue weighted by Crippen LogP contribution is -2.38. The summed E-state index contributed by atoms with van der Waals surface area (Å²) in [6.07, 6.45) is 20.2. The van der Waals surface area contributed by atoms with Gasteiger partial charge in [0.25, 0.3) is 0 Å². The van der Waals surface area contributed by atoms with Crippen molar-refractivity contribution >= 4 is 55.1 Å². The van der Waals surface area contributed by atoms with Gasteiger partial charge in [-0.25, -0.2) is 0 Å². The molecule has 2 heterocycles. The second-order valence-corrected chi connectivity index (χ2v) is 20.9. The van der Waals surface area contributed by atoms with Gasteiger partial charge in [-0.1, -0.05) is 218 Å². The molecule has 358 valence electrons.